The van der Waals surface area contributed by atoms with Gasteiger partial charge >= 0.3 is 0 Å². The zero-order valence-electron chi connectivity index (χ0n) is 14.0. The second-order valence-corrected chi connectivity index (χ2v) is 5.71. The van der Waals surface area contributed by atoms with Crippen molar-refractivity contribution in [3.8, 4) is 17.2 Å². The molecular weight excluding hydrogens is 322 g/mol. The number of nitrogens with one attached hydrogen (secondary N) is 1. The minimum absolute atomic E-state index is 0.111. The number of hydrogen-bond donors (Lipinski definition) is 2. The van der Waals surface area contributed by atoms with E-state index >= 15 is 0 Å². The van der Waals surface area contributed by atoms with Gasteiger partial charge in [-0.15, -0.1) is 0 Å². The molecule has 2 N–H and O–H groups in total. The van der Waals surface area contributed by atoms with Gasteiger partial charge in [0, 0.05) is 18.5 Å². The van der Waals surface area contributed by atoms with Gasteiger partial charge in [-0.3, -0.25) is 4.79 Å². The molecule has 6 heteroatoms. The second kappa shape index (κ2) is 7.90. The molecule has 1 aliphatic heterocycles. The van der Waals surface area contributed by atoms with Gasteiger partial charge in [-0.25, -0.2) is 0 Å². The molecule has 0 radical (unpaired) electrons. The predicted octanol–water partition coefficient (Wildman–Crippen LogP) is 2.32. The molecule has 0 saturated carbocycles. The van der Waals surface area contributed by atoms with Crippen molar-refractivity contribution in [3.05, 3.63) is 53.6 Å². The summed E-state index contributed by atoms with van der Waals surface area (Å²) in [6.45, 7) is 1.28. The Hall–Kier alpha value is -2.73. The molecule has 2 aromatic rings. The molecule has 1 amide bonds. The number of amides is 1. The second-order valence-electron chi connectivity index (χ2n) is 5.71. The Bertz CT molecular complexity index is 729. The summed E-state index contributed by atoms with van der Waals surface area (Å²) in [5.74, 6) is 1.66. The Labute approximate surface area is 146 Å². The van der Waals surface area contributed by atoms with Gasteiger partial charge in [-0.05, 0) is 35.9 Å². The number of rotatable bonds is 5. The maximum atomic E-state index is 12.3. The first-order valence-electron chi connectivity index (χ1n) is 8.17. The third kappa shape index (κ3) is 4.22. The number of ether oxygens (including phenoxy) is 3. The van der Waals surface area contributed by atoms with Crippen LogP contribution in [0.4, 0.5) is 0 Å². The molecule has 0 fully saturated rings. The maximum absolute atomic E-state index is 12.3. The lowest BCUT2D eigenvalue weighted by Gasteiger charge is -2.14. The molecule has 0 aromatic heterocycles. The standard InChI is InChI=1S/C19H21NO5/c1-23-15-6-3-13(4-7-15)16(21)12-20-19(22)14-5-8-17-18(11-14)25-10-2-9-24-17/h3-8,11,16,21H,2,9-10,12H2,1H3,(H,20,22). The van der Waals surface area contributed by atoms with Crippen molar-refractivity contribution in [2.75, 3.05) is 26.9 Å². The summed E-state index contributed by atoms with van der Waals surface area (Å²) in [7, 11) is 1.58. The Balaban J connectivity index is 1.61. The molecule has 1 unspecified atom stereocenters. The fourth-order valence-corrected chi connectivity index (χ4v) is 2.54. The molecule has 1 atom stereocenters. The summed E-state index contributed by atoms with van der Waals surface area (Å²) < 4.78 is 16.2. The van der Waals surface area contributed by atoms with Gasteiger partial charge in [0.05, 0.1) is 26.4 Å². The van der Waals surface area contributed by atoms with E-state index in [4.69, 9.17) is 14.2 Å². The lowest BCUT2D eigenvalue weighted by molar-refractivity contribution is 0.0916. The average molecular weight is 343 g/mol. The van der Waals surface area contributed by atoms with Crippen LogP contribution in [0, 0.1) is 0 Å². The van der Waals surface area contributed by atoms with E-state index in [9.17, 15) is 9.90 Å². The Morgan fingerprint density at radius 2 is 1.88 bits per heavy atom. The molecule has 6 nitrogen and oxygen atoms in total. The minimum atomic E-state index is -0.796. The summed E-state index contributed by atoms with van der Waals surface area (Å²) >= 11 is 0. The van der Waals surface area contributed by atoms with Crippen LogP contribution in [0.15, 0.2) is 42.5 Å². The van der Waals surface area contributed by atoms with E-state index in [1.165, 1.54) is 0 Å². The third-order valence-electron chi connectivity index (χ3n) is 3.97. The Morgan fingerprint density at radius 1 is 1.16 bits per heavy atom. The zero-order chi connectivity index (χ0) is 17.6. The molecule has 1 aliphatic rings. The van der Waals surface area contributed by atoms with E-state index < -0.39 is 6.10 Å². The molecule has 132 valence electrons. The van der Waals surface area contributed by atoms with Gasteiger partial charge in [-0.1, -0.05) is 12.1 Å². The molecule has 0 spiro atoms. The van der Waals surface area contributed by atoms with Crippen LogP contribution < -0.4 is 19.5 Å². The van der Waals surface area contributed by atoms with E-state index in [1.54, 1.807) is 49.6 Å². The van der Waals surface area contributed by atoms with Gasteiger partial charge in [0.1, 0.15) is 5.75 Å². The van der Waals surface area contributed by atoms with Crippen molar-refractivity contribution >= 4 is 5.91 Å². The number of methoxy groups -OCH3 is 1. The van der Waals surface area contributed by atoms with Crippen LogP contribution in [0.1, 0.15) is 28.4 Å². The topological polar surface area (TPSA) is 77.0 Å². The molecular formula is C19H21NO5. The number of aliphatic hydroxyl groups is 1. The molecule has 0 bridgehead atoms. The van der Waals surface area contributed by atoms with Gasteiger partial charge in [0.15, 0.2) is 11.5 Å². The van der Waals surface area contributed by atoms with Gasteiger partial charge < -0.3 is 24.6 Å². The number of carbonyl (C=O) groups is 1. The Morgan fingerprint density at radius 3 is 2.60 bits per heavy atom. The Kier molecular flexibility index (Phi) is 5.40. The maximum Gasteiger partial charge on any atom is 0.251 e. The lowest BCUT2D eigenvalue weighted by atomic mass is 10.1. The molecule has 0 saturated heterocycles. The van der Waals surface area contributed by atoms with E-state index in [0.717, 1.165) is 6.42 Å². The SMILES string of the molecule is COc1ccc(C(O)CNC(=O)c2ccc3c(c2)OCCCO3)cc1. The molecule has 1 heterocycles. The molecule has 0 aliphatic carbocycles. The van der Waals surface area contributed by atoms with E-state index in [2.05, 4.69) is 5.32 Å². The van der Waals surface area contributed by atoms with Crippen molar-refractivity contribution < 1.29 is 24.1 Å². The van der Waals surface area contributed by atoms with Crippen LogP contribution in [0.25, 0.3) is 0 Å². The fourth-order valence-electron chi connectivity index (χ4n) is 2.54. The first-order valence-corrected chi connectivity index (χ1v) is 8.17. The number of aliphatic hydroxyl groups excluding tert-OH is 1. The highest BCUT2D eigenvalue weighted by molar-refractivity contribution is 5.94. The summed E-state index contributed by atoms with van der Waals surface area (Å²) in [6.07, 6.45) is 0.0137. The lowest BCUT2D eigenvalue weighted by Crippen LogP contribution is -2.28. The number of benzene rings is 2. The number of fused-ring (bicyclic) bond motifs is 1. The highest BCUT2D eigenvalue weighted by atomic mass is 16.5. The van der Waals surface area contributed by atoms with Crippen LogP contribution in [-0.2, 0) is 0 Å². The summed E-state index contributed by atoms with van der Waals surface area (Å²) in [4.78, 5) is 12.3. The van der Waals surface area contributed by atoms with E-state index in [1.807, 2.05) is 0 Å². The molecule has 3 rings (SSSR count). The number of carbonyl (C=O) groups excluding carboxylic acids is 1. The normalized spacial score (nSPS) is 14.3. The zero-order valence-corrected chi connectivity index (χ0v) is 14.0. The monoisotopic (exact) mass is 343 g/mol. The summed E-state index contributed by atoms with van der Waals surface area (Å²) in [5, 5.41) is 12.9. The molecule has 25 heavy (non-hydrogen) atoms. The van der Waals surface area contributed by atoms with Crippen LogP contribution in [0.3, 0.4) is 0 Å². The van der Waals surface area contributed by atoms with Crippen molar-refractivity contribution in [1.29, 1.82) is 0 Å². The first kappa shape index (κ1) is 17.1. The van der Waals surface area contributed by atoms with Gasteiger partial charge in [-0.2, -0.15) is 0 Å². The van der Waals surface area contributed by atoms with Crippen molar-refractivity contribution in [2.45, 2.75) is 12.5 Å². The van der Waals surface area contributed by atoms with Crippen molar-refractivity contribution in [3.63, 3.8) is 0 Å². The molecule has 2 aromatic carbocycles. The fraction of sp³-hybridized carbons (Fsp3) is 0.316. The highest BCUT2D eigenvalue weighted by Gasteiger charge is 2.15. The van der Waals surface area contributed by atoms with Gasteiger partial charge in [0.25, 0.3) is 5.91 Å². The average Bonchev–Trinajstić information content (AvgIpc) is 2.90. The highest BCUT2D eigenvalue weighted by Crippen LogP contribution is 2.30. The minimum Gasteiger partial charge on any atom is -0.497 e. The number of hydrogen-bond acceptors (Lipinski definition) is 5. The van der Waals surface area contributed by atoms with E-state index in [0.29, 0.717) is 41.6 Å². The van der Waals surface area contributed by atoms with Crippen LogP contribution in [-0.4, -0.2) is 37.9 Å². The van der Waals surface area contributed by atoms with E-state index in [-0.39, 0.29) is 12.5 Å². The first-order chi connectivity index (χ1) is 12.2. The van der Waals surface area contributed by atoms with Crippen LogP contribution >= 0.6 is 0 Å². The summed E-state index contributed by atoms with van der Waals surface area (Å²) in [5.41, 5.74) is 1.17. The van der Waals surface area contributed by atoms with Crippen molar-refractivity contribution in [1.82, 2.24) is 5.32 Å². The predicted molar refractivity (Wildman–Crippen MR) is 92.3 cm³/mol. The largest absolute Gasteiger partial charge is 0.497 e. The van der Waals surface area contributed by atoms with Gasteiger partial charge in [0.2, 0.25) is 0 Å². The van der Waals surface area contributed by atoms with Crippen molar-refractivity contribution in [2.24, 2.45) is 0 Å². The smallest absolute Gasteiger partial charge is 0.251 e. The quantitative estimate of drug-likeness (QED) is 0.871. The van der Waals surface area contributed by atoms with Crippen LogP contribution in [0.5, 0.6) is 17.2 Å². The summed E-state index contributed by atoms with van der Waals surface area (Å²) in [6, 6.07) is 12.1. The third-order valence-corrected chi connectivity index (χ3v) is 3.97. The van der Waals surface area contributed by atoms with Crippen LogP contribution in [0.2, 0.25) is 0 Å².